The standard InChI is InChI=1S/C13H13N3O2/c17-12-10-6-7-16(8-11(10)14-15-12)13(18)9-4-2-1-3-5-9/h1-5H,6-8H2,(H2,14,15,17). The van der Waals surface area contributed by atoms with Crippen LogP contribution in [0.2, 0.25) is 0 Å². The minimum atomic E-state index is -0.0724. The highest BCUT2D eigenvalue weighted by Gasteiger charge is 2.24. The van der Waals surface area contributed by atoms with E-state index in [0.717, 1.165) is 11.3 Å². The van der Waals surface area contributed by atoms with Crippen molar-refractivity contribution in [2.45, 2.75) is 13.0 Å². The predicted molar refractivity (Wildman–Crippen MR) is 66.3 cm³/mol. The van der Waals surface area contributed by atoms with E-state index in [1.54, 1.807) is 17.0 Å². The summed E-state index contributed by atoms with van der Waals surface area (Å²) < 4.78 is 0. The van der Waals surface area contributed by atoms with Crippen molar-refractivity contribution >= 4 is 5.91 Å². The van der Waals surface area contributed by atoms with Crippen molar-refractivity contribution in [3.05, 3.63) is 57.5 Å². The molecular formula is C13H13N3O2. The summed E-state index contributed by atoms with van der Waals surface area (Å²) >= 11 is 0. The van der Waals surface area contributed by atoms with E-state index >= 15 is 0 Å². The third-order valence-corrected chi connectivity index (χ3v) is 3.25. The van der Waals surface area contributed by atoms with Crippen molar-refractivity contribution in [3.63, 3.8) is 0 Å². The maximum absolute atomic E-state index is 12.2. The van der Waals surface area contributed by atoms with Crippen LogP contribution in [0.1, 0.15) is 21.6 Å². The topological polar surface area (TPSA) is 69.0 Å². The number of rotatable bonds is 1. The summed E-state index contributed by atoms with van der Waals surface area (Å²) in [6.45, 7) is 1.05. The van der Waals surface area contributed by atoms with Gasteiger partial charge in [-0.1, -0.05) is 18.2 Å². The number of aromatic nitrogens is 2. The first-order chi connectivity index (χ1) is 8.75. The van der Waals surface area contributed by atoms with E-state index in [2.05, 4.69) is 10.2 Å². The number of hydrogen-bond donors (Lipinski definition) is 2. The molecule has 0 atom stereocenters. The van der Waals surface area contributed by atoms with Gasteiger partial charge in [0.2, 0.25) is 0 Å². The zero-order valence-electron chi connectivity index (χ0n) is 9.77. The second-order valence-corrected chi connectivity index (χ2v) is 4.38. The molecule has 92 valence electrons. The van der Waals surface area contributed by atoms with Crippen LogP contribution >= 0.6 is 0 Å². The molecule has 1 aliphatic heterocycles. The molecule has 2 heterocycles. The van der Waals surface area contributed by atoms with E-state index in [1.165, 1.54) is 0 Å². The maximum Gasteiger partial charge on any atom is 0.267 e. The highest BCUT2D eigenvalue weighted by Crippen LogP contribution is 2.15. The van der Waals surface area contributed by atoms with Crippen LogP contribution in [0.5, 0.6) is 0 Å². The Bertz CT molecular complexity index is 627. The molecule has 0 spiro atoms. The lowest BCUT2D eigenvalue weighted by atomic mass is 10.1. The lowest BCUT2D eigenvalue weighted by Crippen LogP contribution is -2.36. The molecule has 2 aromatic rings. The van der Waals surface area contributed by atoms with Gasteiger partial charge < -0.3 is 10.00 Å². The molecular weight excluding hydrogens is 230 g/mol. The minimum absolute atomic E-state index is 0.00305. The SMILES string of the molecule is O=C(c1ccccc1)N1CCc2c([nH][nH]c2=O)C1. The van der Waals surface area contributed by atoms with Crippen molar-refractivity contribution in [1.82, 2.24) is 15.1 Å². The van der Waals surface area contributed by atoms with Crippen molar-refractivity contribution in [3.8, 4) is 0 Å². The zero-order valence-corrected chi connectivity index (χ0v) is 9.77. The first-order valence-corrected chi connectivity index (χ1v) is 5.88. The molecule has 0 aliphatic carbocycles. The average molecular weight is 243 g/mol. The Kier molecular flexibility index (Phi) is 2.51. The van der Waals surface area contributed by atoms with Crippen LogP contribution in [-0.4, -0.2) is 27.5 Å². The van der Waals surface area contributed by atoms with Crippen molar-refractivity contribution < 1.29 is 4.79 Å². The number of benzene rings is 1. The fourth-order valence-electron chi connectivity index (χ4n) is 2.27. The normalized spacial score (nSPS) is 14.3. The fourth-order valence-corrected chi connectivity index (χ4v) is 2.27. The molecule has 1 aromatic heterocycles. The van der Waals surface area contributed by atoms with Gasteiger partial charge >= 0.3 is 0 Å². The maximum atomic E-state index is 12.2. The van der Waals surface area contributed by atoms with Gasteiger partial charge in [-0.25, -0.2) is 0 Å². The van der Waals surface area contributed by atoms with Crippen molar-refractivity contribution in [1.29, 1.82) is 0 Å². The number of nitrogens with one attached hydrogen (secondary N) is 2. The largest absolute Gasteiger partial charge is 0.332 e. The number of hydrogen-bond acceptors (Lipinski definition) is 2. The molecule has 0 unspecified atom stereocenters. The van der Waals surface area contributed by atoms with Crippen LogP contribution in [0.4, 0.5) is 0 Å². The average Bonchev–Trinajstić information content (AvgIpc) is 2.80. The van der Waals surface area contributed by atoms with E-state index in [1.807, 2.05) is 18.2 Å². The van der Waals surface area contributed by atoms with Crippen LogP contribution in [0.3, 0.4) is 0 Å². The lowest BCUT2D eigenvalue weighted by molar-refractivity contribution is 0.0732. The second kappa shape index (κ2) is 4.18. The third kappa shape index (κ3) is 1.73. The molecule has 2 N–H and O–H groups in total. The molecule has 5 nitrogen and oxygen atoms in total. The molecule has 0 radical (unpaired) electrons. The first kappa shape index (κ1) is 10.8. The van der Waals surface area contributed by atoms with E-state index in [0.29, 0.717) is 25.1 Å². The van der Waals surface area contributed by atoms with E-state index < -0.39 is 0 Å². The molecule has 0 fully saturated rings. The quantitative estimate of drug-likeness (QED) is 0.781. The fraction of sp³-hybridized carbons (Fsp3) is 0.231. The van der Waals surface area contributed by atoms with Crippen LogP contribution in [0, 0.1) is 0 Å². The number of amides is 1. The van der Waals surface area contributed by atoms with Crippen LogP contribution in [-0.2, 0) is 13.0 Å². The van der Waals surface area contributed by atoms with Gasteiger partial charge in [0.05, 0.1) is 12.2 Å². The van der Waals surface area contributed by atoms with Crippen LogP contribution in [0.15, 0.2) is 35.1 Å². The predicted octanol–water partition coefficient (Wildman–Crippen LogP) is 0.902. The van der Waals surface area contributed by atoms with E-state index in [9.17, 15) is 9.59 Å². The summed E-state index contributed by atoms with van der Waals surface area (Å²) in [6, 6.07) is 9.19. The van der Waals surface area contributed by atoms with Crippen LogP contribution < -0.4 is 5.56 Å². The molecule has 18 heavy (non-hydrogen) atoms. The number of aromatic amines is 2. The van der Waals surface area contributed by atoms with E-state index in [4.69, 9.17) is 0 Å². The van der Waals surface area contributed by atoms with Gasteiger partial charge in [0.25, 0.3) is 11.5 Å². The molecule has 0 bridgehead atoms. The minimum Gasteiger partial charge on any atom is -0.332 e. The first-order valence-electron chi connectivity index (χ1n) is 5.88. The Morgan fingerprint density at radius 2 is 1.94 bits per heavy atom. The molecule has 1 aromatic carbocycles. The molecule has 3 rings (SSSR count). The number of carbonyl (C=O) groups excluding carboxylic acids is 1. The van der Waals surface area contributed by atoms with Gasteiger partial charge in [-0.2, -0.15) is 0 Å². The summed E-state index contributed by atoms with van der Waals surface area (Å²) in [5.74, 6) is 0.00305. The Balaban J connectivity index is 1.84. The monoisotopic (exact) mass is 243 g/mol. The second-order valence-electron chi connectivity index (χ2n) is 4.38. The van der Waals surface area contributed by atoms with Gasteiger partial charge in [0.1, 0.15) is 0 Å². The van der Waals surface area contributed by atoms with E-state index in [-0.39, 0.29) is 11.5 Å². The van der Waals surface area contributed by atoms with Gasteiger partial charge in [-0.05, 0) is 18.6 Å². The highest BCUT2D eigenvalue weighted by atomic mass is 16.2. The summed E-state index contributed by atoms with van der Waals surface area (Å²) in [6.07, 6.45) is 0.604. The Morgan fingerprint density at radius 1 is 1.17 bits per heavy atom. The Labute approximate surface area is 103 Å². The van der Waals surface area contributed by atoms with Crippen LogP contribution in [0.25, 0.3) is 0 Å². The molecule has 5 heteroatoms. The van der Waals surface area contributed by atoms with Gasteiger partial charge in [-0.15, -0.1) is 0 Å². The molecule has 1 amide bonds. The number of H-pyrrole nitrogens is 2. The summed E-state index contributed by atoms with van der Waals surface area (Å²) in [4.78, 5) is 25.4. The van der Waals surface area contributed by atoms with Crippen molar-refractivity contribution in [2.24, 2.45) is 0 Å². The van der Waals surface area contributed by atoms with Gasteiger partial charge in [0.15, 0.2) is 0 Å². The summed E-state index contributed by atoms with van der Waals surface area (Å²) in [7, 11) is 0. The van der Waals surface area contributed by atoms with Gasteiger partial charge in [0, 0.05) is 17.7 Å². The Morgan fingerprint density at radius 3 is 2.72 bits per heavy atom. The number of nitrogens with zero attached hydrogens (tertiary/aromatic N) is 1. The molecule has 1 aliphatic rings. The van der Waals surface area contributed by atoms with Gasteiger partial charge in [-0.3, -0.25) is 14.7 Å². The summed E-state index contributed by atoms with van der Waals surface area (Å²) in [5.41, 5.74) is 2.19. The summed E-state index contributed by atoms with van der Waals surface area (Å²) in [5, 5.41) is 5.39. The smallest absolute Gasteiger partial charge is 0.267 e. The number of carbonyl (C=O) groups is 1. The lowest BCUT2D eigenvalue weighted by Gasteiger charge is -2.26. The molecule has 0 saturated heterocycles. The van der Waals surface area contributed by atoms with Crippen molar-refractivity contribution in [2.75, 3.05) is 6.54 Å². The molecule has 0 saturated carbocycles. The highest BCUT2D eigenvalue weighted by molar-refractivity contribution is 5.94. The third-order valence-electron chi connectivity index (χ3n) is 3.25. The zero-order chi connectivity index (χ0) is 12.5. The Hall–Kier alpha value is -2.30. The number of fused-ring (bicyclic) bond motifs is 1.